The van der Waals surface area contributed by atoms with Crippen LogP contribution in [0.2, 0.25) is 5.02 Å². The Morgan fingerprint density at radius 1 is 1.59 bits per heavy atom. The molecule has 2 rings (SSSR count). The lowest BCUT2D eigenvalue weighted by molar-refractivity contribution is 0.0698. The zero-order valence-electron chi connectivity index (χ0n) is 8.88. The number of carboxylic acids is 1. The Hall–Kier alpha value is -2.08. The molecule has 0 aliphatic carbocycles. The van der Waals surface area contributed by atoms with Crippen LogP contribution in [0.3, 0.4) is 0 Å². The first-order valence-corrected chi connectivity index (χ1v) is 5.08. The van der Waals surface area contributed by atoms with Crippen LogP contribution in [-0.2, 0) is 0 Å². The molecule has 88 valence electrons. The first kappa shape index (κ1) is 11.4. The summed E-state index contributed by atoms with van der Waals surface area (Å²) in [6.07, 6.45) is 2.89. The maximum atomic E-state index is 10.9. The van der Waals surface area contributed by atoms with Crippen molar-refractivity contribution in [2.45, 2.75) is 6.92 Å². The normalized spacial score (nSPS) is 10.5. The van der Waals surface area contributed by atoms with Crippen molar-refractivity contribution in [1.29, 1.82) is 0 Å². The summed E-state index contributed by atoms with van der Waals surface area (Å²) >= 11 is 5.87. The molecular weight excluding hydrogens is 244 g/mol. The molecule has 0 aliphatic rings. The Balaban J connectivity index is 2.60. The van der Waals surface area contributed by atoms with E-state index in [-0.39, 0.29) is 17.1 Å². The summed E-state index contributed by atoms with van der Waals surface area (Å²) < 4.78 is 1.36. The highest BCUT2D eigenvalue weighted by Crippen LogP contribution is 2.21. The standard InChI is InChI=1S/C10H9ClN4O2/c1-5-7(11)4-15(14-5)9-8(12)6(10(16)17)2-3-13-9/h2-4H,12H2,1H3,(H,16,17). The first-order chi connectivity index (χ1) is 8.00. The maximum Gasteiger partial charge on any atom is 0.337 e. The van der Waals surface area contributed by atoms with Gasteiger partial charge in [-0.05, 0) is 13.0 Å². The van der Waals surface area contributed by atoms with Crippen LogP contribution < -0.4 is 5.73 Å². The summed E-state index contributed by atoms with van der Waals surface area (Å²) in [5.74, 6) is -0.860. The highest BCUT2D eigenvalue weighted by Gasteiger charge is 2.15. The fourth-order valence-corrected chi connectivity index (χ4v) is 1.51. The fourth-order valence-electron chi connectivity index (χ4n) is 1.38. The number of rotatable bonds is 2. The van der Waals surface area contributed by atoms with Crippen molar-refractivity contribution in [3.8, 4) is 5.82 Å². The molecule has 0 fully saturated rings. The van der Waals surface area contributed by atoms with E-state index in [0.717, 1.165) is 0 Å². The zero-order valence-corrected chi connectivity index (χ0v) is 9.64. The molecule has 0 atom stereocenters. The molecule has 6 nitrogen and oxygen atoms in total. The molecule has 0 saturated heterocycles. The van der Waals surface area contributed by atoms with E-state index in [0.29, 0.717) is 10.7 Å². The van der Waals surface area contributed by atoms with Gasteiger partial charge >= 0.3 is 5.97 Å². The highest BCUT2D eigenvalue weighted by atomic mass is 35.5. The topological polar surface area (TPSA) is 94.0 Å². The van der Waals surface area contributed by atoms with Crippen LogP contribution in [0.1, 0.15) is 16.1 Å². The molecule has 7 heteroatoms. The predicted octanol–water partition coefficient (Wildman–Crippen LogP) is 1.51. The van der Waals surface area contributed by atoms with Gasteiger partial charge in [0.15, 0.2) is 5.82 Å². The maximum absolute atomic E-state index is 10.9. The van der Waals surface area contributed by atoms with Gasteiger partial charge in [0, 0.05) is 6.20 Å². The second kappa shape index (κ2) is 4.06. The van der Waals surface area contributed by atoms with Gasteiger partial charge in [-0.2, -0.15) is 5.10 Å². The molecule has 3 N–H and O–H groups in total. The summed E-state index contributed by atoms with van der Waals surface area (Å²) in [7, 11) is 0. The van der Waals surface area contributed by atoms with E-state index < -0.39 is 5.97 Å². The molecule has 2 heterocycles. The quantitative estimate of drug-likeness (QED) is 0.845. The molecule has 0 amide bonds. The van der Waals surface area contributed by atoms with Gasteiger partial charge in [0.1, 0.15) is 0 Å². The molecule has 0 aromatic carbocycles. The highest BCUT2D eigenvalue weighted by molar-refractivity contribution is 6.31. The van der Waals surface area contributed by atoms with Crippen molar-refractivity contribution in [3.05, 3.63) is 34.7 Å². The Labute approximate surface area is 102 Å². The number of anilines is 1. The van der Waals surface area contributed by atoms with Crippen molar-refractivity contribution in [3.63, 3.8) is 0 Å². The molecule has 2 aromatic heterocycles. The van der Waals surface area contributed by atoms with Gasteiger partial charge in [0.05, 0.1) is 28.2 Å². The van der Waals surface area contributed by atoms with Crippen LogP contribution in [0.5, 0.6) is 0 Å². The first-order valence-electron chi connectivity index (χ1n) is 4.70. The average Bonchev–Trinajstić information content (AvgIpc) is 2.59. The molecule has 0 radical (unpaired) electrons. The minimum absolute atomic E-state index is 0.0146. The summed E-state index contributed by atoms with van der Waals surface area (Å²) in [5.41, 5.74) is 6.39. The number of pyridine rings is 1. The van der Waals surface area contributed by atoms with Gasteiger partial charge in [-0.25, -0.2) is 14.5 Å². The van der Waals surface area contributed by atoms with E-state index in [1.807, 2.05) is 0 Å². The third kappa shape index (κ3) is 1.94. The average molecular weight is 253 g/mol. The lowest BCUT2D eigenvalue weighted by Crippen LogP contribution is -2.09. The fraction of sp³-hybridized carbons (Fsp3) is 0.100. The van der Waals surface area contributed by atoms with Crippen molar-refractivity contribution >= 4 is 23.3 Å². The Morgan fingerprint density at radius 3 is 2.82 bits per heavy atom. The molecule has 2 aromatic rings. The van der Waals surface area contributed by atoms with Crippen LogP contribution >= 0.6 is 11.6 Å². The van der Waals surface area contributed by atoms with E-state index in [1.165, 1.54) is 23.1 Å². The number of nitrogens with two attached hydrogens (primary N) is 1. The van der Waals surface area contributed by atoms with E-state index >= 15 is 0 Å². The van der Waals surface area contributed by atoms with Gasteiger partial charge < -0.3 is 10.8 Å². The lowest BCUT2D eigenvalue weighted by Gasteiger charge is -2.06. The number of aromatic nitrogens is 3. The smallest absolute Gasteiger partial charge is 0.337 e. The lowest BCUT2D eigenvalue weighted by atomic mass is 10.2. The molecule has 0 bridgehead atoms. The van der Waals surface area contributed by atoms with Gasteiger partial charge in [-0.1, -0.05) is 11.6 Å². The van der Waals surface area contributed by atoms with Crippen molar-refractivity contribution < 1.29 is 9.90 Å². The number of nitrogen functional groups attached to an aromatic ring is 1. The zero-order chi connectivity index (χ0) is 12.6. The second-order valence-corrected chi connectivity index (χ2v) is 3.82. The van der Waals surface area contributed by atoms with Crippen molar-refractivity contribution in [1.82, 2.24) is 14.8 Å². The van der Waals surface area contributed by atoms with Crippen LogP contribution in [0, 0.1) is 6.92 Å². The number of hydrogen-bond donors (Lipinski definition) is 2. The van der Waals surface area contributed by atoms with Crippen LogP contribution in [0.4, 0.5) is 5.69 Å². The van der Waals surface area contributed by atoms with E-state index in [9.17, 15) is 4.79 Å². The largest absolute Gasteiger partial charge is 0.478 e. The number of hydrogen-bond acceptors (Lipinski definition) is 4. The van der Waals surface area contributed by atoms with Gasteiger partial charge in [0.2, 0.25) is 0 Å². The van der Waals surface area contributed by atoms with Crippen molar-refractivity contribution in [2.24, 2.45) is 0 Å². The number of carbonyl (C=O) groups is 1. The third-order valence-electron chi connectivity index (χ3n) is 2.26. The molecule has 0 aliphatic heterocycles. The van der Waals surface area contributed by atoms with E-state index in [2.05, 4.69) is 10.1 Å². The summed E-state index contributed by atoms with van der Waals surface area (Å²) in [5, 5.41) is 13.5. The predicted molar refractivity (Wildman–Crippen MR) is 62.5 cm³/mol. The Bertz CT molecular complexity index is 574. The minimum Gasteiger partial charge on any atom is -0.478 e. The van der Waals surface area contributed by atoms with E-state index in [4.69, 9.17) is 22.4 Å². The second-order valence-electron chi connectivity index (χ2n) is 3.41. The molecular formula is C10H9ClN4O2. The SMILES string of the molecule is Cc1nn(-c2nccc(C(=O)O)c2N)cc1Cl. The summed E-state index contributed by atoms with van der Waals surface area (Å²) in [4.78, 5) is 14.9. The number of nitrogens with zero attached hydrogens (tertiary/aromatic N) is 3. The number of aryl methyl sites for hydroxylation is 1. The monoisotopic (exact) mass is 252 g/mol. The van der Waals surface area contributed by atoms with Crippen LogP contribution in [0.15, 0.2) is 18.5 Å². The van der Waals surface area contributed by atoms with Gasteiger partial charge in [0.25, 0.3) is 0 Å². The Kier molecular flexibility index (Phi) is 2.72. The van der Waals surface area contributed by atoms with Gasteiger partial charge in [-0.3, -0.25) is 0 Å². The minimum atomic E-state index is -1.11. The van der Waals surface area contributed by atoms with E-state index in [1.54, 1.807) is 6.92 Å². The number of aromatic carboxylic acids is 1. The van der Waals surface area contributed by atoms with Crippen LogP contribution in [-0.4, -0.2) is 25.8 Å². The molecule has 0 unspecified atom stereocenters. The molecule has 17 heavy (non-hydrogen) atoms. The van der Waals surface area contributed by atoms with Crippen LogP contribution in [0.25, 0.3) is 5.82 Å². The summed E-state index contributed by atoms with van der Waals surface area (Å²) in [6, 6.07) is 1.33. The molecule has 0 saturated carbocycles. The Morgan fingerprint density at radius 2 is 2.29 bits per heavy atom. The third-order valence-corrected chi connectivity index (χ3v) is 2.63. The van der Waals surface area contributed by atoms with Crippen molar-refractivity contribution in [2.75, 3.05) is 5.73 Å². The van der Waals surface area contributed by atoms with Gasteiger partial charge in [-0.15, -0.1) is 0 Å². The number of carboxylic acid groups (broad SMARTS) is 1. The molecule has 0 spiro atoms. The number of halogens is 1. The summed E-state index contributed by atoms with van der Waals surface area (Å²) in [6.45, 7) is 1.73.